The van der Waals surface area contributed by atoms with Crippen molar-refractivity contribution in [3.8, 4) is 0 Å². The van der Waals surface area contributed by atoms with Crippen molar-refractivity contribution in [3.63, 3.8) is 0 Å². The Labute approximate surface area is 119 Å². The van der Waals surface area contributed by atoms with Crippen molar-refractivity contribution in [2.75, 3.05) is 25.1 Å². The van der Waals surface area contributed by atoms with E-state index in [-0.39, 0.29) is 11.2 Å². The lowest BCUT2D eigenvalue weighted by atomic mass is 10.0. The van der Waals surface area contributed by atoms with Crippen molar-refractivity contribution in [1.29, 1.82) is 0 Å². The zero-order valence-corrected chi connectivity index (χ0v) is 11.1. The molecule has 0 amide bonds. The number of hydrogen-bond acceptors (Lipinski definition) is 7. The van der Waals surface area contributed by atoms with Crippen LogP contribution in [-0.4, -0.2) is 50.6 Å². The summed E-state index contributed by atoms with van der Waals surface area (Å²) in [5.41, 5.74) is -0.839. The van der Waals surface area contributed by atoms with Gasteiger partial charge in [0.1, 0.15) is 11.1 Å². The van der Waals surface area contributed by atoms with E-state index in [1.165, 1.54) is 18.3 Å². The molecule has 0 aliphatic rings. The summed E-state index contributed by atoms with van der Waals surface area (Å²) in [6.45, 7) is -1.50. The molecule has 1 aromatic heterocycles. The number of benzene rings is 1. The van der Waals surface area contributed by atoms with Gasteiger partial charge in [-0.15, -0.1) is 0 Å². The molecule has 0 radical (unpaired) electrons. The highest BCUT2D eigenvalue weighted by atomic mass is 16.6. The first-order chi connectivity index (χ1) is 10.1. The van der Waals surface area contributed by atoms with Crippen LogP contribution in [0.25, 0.3) is 10.9 Å². The zero-order chi connectivity index (χ0) is 15.5. The number of nitro benzene ring substituents is 1. The highest BCUT2D eigenvalue weighted by Crippen LogP contribution is 2.30. The molecule has 8 nitrogen and oxygen atoms in total. The van der Waals surface area contributed by atoms with E-state index in [2.05, 4.69) is 10.3 Å². The third kappa shape index (κ3) is 2.77. The van der Waals surface area contributed by atoms with Crippen LogP contribution < -0.4 is 5.32 Å². The molecule has 2 rings (SSSR count). The van der Waals surface area contributed by atoms with Gasteiger partial charge in [0.15, 0.2) is 0 Å². The summed E-state index contributed by atoms with van der Waals surface area (Å²) in [7, 11) is 0. The van der Waals surface area contributed by atoms with Crippen LogP contribution >= 0.6 is 0 Å². The number of rotatable bonds is 6. The van der Waals surface area contributed by atoms with Crippen LogP contribution in [0.2, 0.25) is 0 Å². The number of aliphatic hydroxyl groups excluding tert-OH is 3. The third-order valence-corrected chi connectivity index (χ3v) is 3.25. The van der Waals surface area contributed by atoms with Gasteiger partial charge in [-0.2, -0.15) is 0 Å². The van der Waals surface area contributed by atoms with Crippen molar-refractivity contribution < 1.29 is 20.2 Å². The van der Waals surface area contributed by atoms with Gasteiger partial charge >= 0.3 is 0 Å². The number of pyridine rings is 1. The molecule has 0 aliphatic heterocycles. The second-order valence-electron chi connectivity index (χ2n) is 4.67. The van der Waals surface area contributed by atoms with Gasteiger partial charge in [-0.05, 0) is 6.07 Å². The van der Waals surface area contributed by atoms with Crippen LogP contribution in [0.15, 0.2) is 30.5 Å². The number of fused-ring (bicyclic) bond motifs is 1. The Kier molecular flexibility index (Phi) is 4.32. The van der Waals surface area contributed by atoms with E-state index in [0.29, 0.717) is 11.1 Å². The highest BCUT2D eigenvalue weighted by molar-refractivity contribution is 5.96. The molecule has 0 atom stereocenters. The third-order valence-electron chi connectivity index (χ3n) is 3.25. The topological polar surface area (TPSA) is 129 Å². The smallest absolute Gasteiger partial charge is 0.295 e. The van der Waals surface area contributed by atoms with Crippen LogP contribution in [0.1, 0.15) is 0 Å². The lowest BCUT2D eigenvalue weighted by molar-refractivity contribution is -0.383. The fourth-order valence-electron chi connectivity index (χ4n) is 1.97. The summed E-state index contributed by atoms with van der Waals surface area (Å²) in [6.07, 6.45) is 1.38. The highest BCUT2D eigenvalue weighted by Gasteiger charge is 2.28. The first-order valence-corrected chi connectivity index (χ1v) is 6.20. The average Bonchev–Trinajstić information content (AvgIpc) is 2.52. The normalized spacial score (nSPS) is 11.6. The van der Waals surface area contributed by atoms with E-state index in [9.17, 15) is 25.4 Å². The summed E-state index contributed by atoms with van der Waals surface area (Å²) >= 11 is 0. The first kappa shape index (κ1) is 15.1. The van der Waals surface area contributed by atoms with Gasteiger partial charge < -0.3 is 20.6 Å². The average molecular weight is 293 g/mol. The molecule has 0 aliphatic carbocycles. The quantitative estimate of drug-likeness (QED) is 0.444. The van der Waals surface area contributed by atoms with Crippen LogP contribution in [0.4, 0.5) is 11.4 Å². The van der Waals surface area contributed by atoms with E-state index in [1.54, 1.807) is 12.1 Å². The second kappa shape index (κ2) is 6.00. The number of non-ortho nitro benzene ring substituents is 1. The maximum absolute atomic E-state index is 11.0. The van der Waals surface area contributed by atoms with Crippen molar-refractivity contribution in [3.05, 3.63) is 40.6 Å². The Morgan fingerprint density at radius 1 is 1.19 bits per heavy atom. The van der Waals surface area contributed by atoms with Gasteiger partial charge in [-0.1, -0.05) is 12.1 Å². The largest absolute Gasteiger partial charge is 0.394 e. The van der Waals surface area contributed by atoms with Gasteiger partial charge in [0.05, 0.1) is 24.7 Å². The fraction of sp³-hybridized carbons (Fsp3) is 0.308. The van der Waals surface area contributed by atoms with E-state index in [1.807, 2.05) is 0 Å². The predicted octanol–water partition coefficient (Wildman–Crippen LogP) is 0.271. The summed E-state index contributed by atoms with van der Waals surface area (Å²) in [6, 6.07) is 6.05. The first-order valence-electron chi connectivity index (χ1n) is 6.20. The molecular formula is C13H15N3O5. The van der Waals surface area contributed by atoms with Crippen molar-refractivity contribution >= 4 is 22.3 Å². The number of nitrogens with zero attached hydrogens (tertiary/aromatic N) is 2. The predicted molar refractivity (Wildman–Crippen MR) is 76.0 cm³/mol. The van der Waals surface area contributed by atoms with Gasteiger partial charge in [0.25, 0.3) is 5.69 Å². The molecule has 4 N–H and O–H groups in total. The number of nitro groups is 1. The second-order valence-corrected chi connectivity index (χ2v) is 4.67. The summed E-state index contributed by atoms with van der Waals surface area (Å²) in [5, 5.41) is 42.3. The van der Waals surface area contributed by atoms with Crippen molar-refractivity contribution in [2.45, 2.75) is 5.54 Å². The minimum absolute atomic E-state index is 0.140. The lowest BCUT2D eigenvalue weighted by Crippen LogP contribution is -2.49. The molecule has 0 saturated carbocycles. The number of para-hydroxylation sites is 1. The molecule has 112 valence electrons. The van der Waals surface area contributed by atoms with Gasteiger partial charge in [-0.3, -0.25) is 10.1 Å². The molecule has 0 fully saturated rings. The number of aliphatic hydroxyl groups is 3. The molecule has 0 saturated heterocycles. The van der Waals surface area contributed by atoms with Crippen LogP contribution in [0, 0.1) is 10.1 Å². The maximum Gasteiger partial charge on any atom is 0.295 e. The number of aromatic nitrogens is 1. The Morgan fingerprint density at radius 3 is 2.43 bits per heavy atom. The molecule has 2 aromatic rings. The maximum atomic E-state index is 11.0. The van der Waals surface area contributed by atoms with E-state index in [4.69, 9.17) is 0 Å². The lowest BCUT2D eigenvalue weighted by Gasteiger charge is -2.30. The standard InChI is InChI=1S/C13H15N3O5/c17-6-13(7-18,8-19)15-10-4-5-14-12-9(10)2-1-3-11(12)16(20)21/h1-5,17-19H,6-8H2,(H,14,15). The van der Waals surface area contributed by atoms with Gasteiger partial charge in [-0.25, -0.2) is 4.98 Å². The summed E-state index contributed by atoms with van der Waals surface area (Å²) in [5.74, 6) is 0. The number of nitrogens with one attached hydrogen (secondary N) is 1. The Morgan fingerprint density at radius 2 is 1.86 bits per heavy atom. The van der Waals surface area contributed by atoms with Crippen molar-refractivity contribution in [2.24, 2.45) is 0 Å². The molecule has 1 aromatic carbocycles. The fourth-order valence-corrected chi connectivity index (χ4v) is 1.97. The van der Waals surface area contributed by atoms with E-state index < -0.39 is 30.3 Å². The van der Waals surface area contributed by atoms with Crippen LogP contribution in [-0.2, 0) is 0 Å². The Hall–Kier alpha value is -2.29. The molecule has 0 unspecified atom stereocenters. The monoisotopic (exact) mass is 293 g/mol. The molecule has 8 heteroatoms. The Balaban J connectivity index is 2.56. The molecule has 21 heavy (non-hydrogen) atoms. The van der Waals surface area contributed by atoms with Crippen molar-refractivity contribution in [1.82, 2.24) is 4.98 Å². The molecular weight excluding hydrogens is 278 g/mol. The summed E-state index contributed by atoms with van der Waals surface area (Å²) < 4.78 is 0. The Bertz CT molecular complexity index is 649. The zero-order valence-electron chi connectivity index (χ0n) is 11.1. The molecule has 0 spiro atoms. The molecule has 0 bridgehead atoms. The van der Waals surface area contributed by atoms with Crippen LogP contribution in [0.3, 0.4) is 0 Å². The minimum Gasteiger partial charge on any atom is -0.394 e. The van der Waals surface area contributed by atoms with E-state index in [0.717, 1.165) is 0 Å². The van der Waals surface area contributed by atoms with Gasteiger partial charge in [0.2, 0.25) is 0 Å². The number of anilines is 1. The number of hydrogen-bond donors (Lipinski definition) is 4. The molecule has 1 heterocycles. The SMILES string of the molecule is O=[N+]([O-])c1cccc2c(NC(CO)(CO)CO)ccnc12. The van der Waals surface area contributed by atoms with Crippen LogP contribution in [0.5, 0.6) is 0 Å². The summed E-state index contributed by atoms with van der Waals surface area (Å²) in [4.78, 5) is 14.5. The minimum atomic E-state index is -1.32. The van der Waals surface area contributed by atoms with E-state index >= 15 is 0 Å². The van der Waals surface area contributed by atoms with Gasteiger partial charge in [0, 0.05) is 23.3 Å².